The molecule has 0 spiro atoms. The SMILES string of the molecule is O=P(OOO)(c1ccccc1)c1ccccc1. The highest BCUT2D eigenvalue weighted by Crippen LogP contribution is 2.44. The van der Waals surface area contributed by atoms with Gasteiger partial charge in [-0.3, -0.25) is 4.57 Å². The molecule has 0 aliphatic heterocycles. The van der Waals surface area contributed by atoms with Gasteiger partial charge in [-0.2, -0.15) is 0 Å². The second-order valence-corrected chi connectivity index (χ2v) is 5.66. The molecule has 0 unspecified atom stereocenters. The Bertz CT molecular complexity index is 469. The molecule has 0 saturated carbocycles. The molecule has 2 aromatic carbocycles. The van der Waals surface area contributed by atoms with Gasteiger partial charge in [0.1, 0.15) is 0 Å². The summed E-state index contributed by atoms with van der Waals surface area (Å²) in [4.78, 5) is 0. The molecule has 17 heavy (non-hydrogen) atoms. The van der Waals surface area contributed by atoms with Crippen LogP contribution in [0, 0.1) is 0 Å². The van der Waals surface area contributed by atoms with Crippen LogP contribution in [0.3, 0.4) is 0 Å². The molecule has 0 radical (unpaired) electrons. The van der Waals surface area contributed by atoms with Crippen LogP contribution in [-0.4, -0.2) is 5.26 Å². The molecular weight excluding hydrogens is 239 g/mol. The van der Waals surface area contributed by atoms with Crippen molar-refractivity contribution in [2.45, 2.75) is 0 Å². The lowest BCUT2D eigenvalue weighted by atomic mass is 10.4. The van der Waals surface area contributed by atoms with E-state index in [1.165, 1.54) is 0 Å². The second-order valence-electron chi connectivity index (χ2n) is 3.37. The Hall–Kier alpha value is -1.45. The first-order valence-electron chi connectivity index (χ1n) is 4.98. The summed E-state index contributed by atoms with van der Waals surface area (Å²) in [7, 11) is -3.40. The van der Waals surface area contributed by atoms with E-state index < -0.39 is 7.37 Å². The average Bonchev–Trinajstić information content (AvgIpc) is 2.41. The Morgan fingerprint density at radius 1 is 0.824 bits per heavy atom. The third-order valence-corrected chi connectivity index (χ3v) is 4.56. The molecular formula is C12H11O4P. The summed E-state index contributed by atoms with van der Waals surface area (Å²) in [6.07, 6.45) is 0. The van der Waals surface area contributed by atoms with E-state index in [1.54, 1.807) is 60.7 Å². The van der Waals surface area contributed by atoms with Crippen LogP contribution >= 0.6 is 7.37 Å². The lowest BCUT2D eigenvalue weighted by Crippen LogP contribution is -2.17. The van der Waals surface area contributed by atoms with Crippen LogP contribution in [-0.2, 0) is 14.3 Å². The Morgan fingerprint density at radius 2 is 1.24 bits per heavy atom. The number of hydrogen-bond acceptors (Lipinski definition) is 4. The van der Waals surface area contributed by atoms with E-state index in [0.29, 0.717) is 10.6 Å². The fraction of sp³-hybridized carbons (Fsp3) is 0. The molecule has 0 saturated heterocycles. The lowest BCUT2D eigenvalue weighted by Gasteiger charge is -2.15. The van der Waals surface area contributed by atoms with E-state index in [9.17, 15) is 4.57 Å². The standard InChI is InChI=1S/C12H11O4P/c13-15-16-17(14,11-7-3-1-4-8-11)12-9-5-2-6-10-12/h1-10,13H. The first-order chi connectivity index (χ1) is 8.27. The summed E-state index contributed by atoms with van der Waals surface area (Å²) in [6.45, 7) is 0. The molecule has 0 amide bonds. The van der Waals surface area contributed by atoms with Gasteiger partial charge in [0.05, 0.1) is 0 Å². The predicted molar refractivity (Wildman–Crippen MR) is 64.6 cm³/mol. The molecule has 88 valence electrons. The minimum atomic E-state index is -3.40. The van der Waals surface area contributed by atoms with Crippen LogP contribution in [0.5, 0.6) is 0 Å². The summed E-state index contributed by atoms with van der Waals surface area (Å²) in [5.41, 5.74) is 0. The lowest BCUT2D eigenvalue weighted by molar-refractivity contribution is -0.438. The van der Waals surface area contributed by atoms with Gasteiger partial charge in [-0.1, -0.05) is 41.4 Å². The molecule has 0 fully saturated rings. The predicted octanol–water partition coefficient (Wildman–Crippen LogP) is 2.34. The molecule has 2 aromatic rings. The van der Waals surface area contributed by atoms with Crippen molar-refractivity contribution in [1.29, 1.82) is 0 Å². The third kappa shape index (κ3) is 2.46. The van der Waals surface area contributed by atoms with Crippen molar-refractivity contribution < 1.29 is 19.5 Å². The van der Waals surface area contributed by atoms with Gasteiger partial charge in [-0.05, 0) is 24.3 Å². The van der Waals surface area contributed by atoms with Crippen molar-refractivity contribution in [1.82, 2.24) is 0 Å². The molecule has 0 aromatic heterocycles. The molecule has 2 rings (SSSR count). The first kappa shape index (κ1) is 12.0. The quantitative estimate of drug-likeness (QED) is 0.514. The second kappa shape index (κ2) is 5.25. The number of benzene rings is 2. The Labute approximate surface area is 98.7 Å². The van der Waals surface area contributed by atoms with Crippen molar-refractivity contribution in [2.24, 2.45) is 0 Å². The fourth-order valence-electron chi connectivity index (χ4n) is 1.53. The van der Waals surface area contributed by atoms with E-state index in [2.05, 4.69) is 9.71 Å². The maximum Gasteiger partial charge on any atom is 0.294 e. The van der Waals surface area contributed by atoms with E-state index in [0.717, 1.165) is 0 Å². The van der Waals surface area contributed by atoms with Gasteiger partial charge < -0.3 is 0 Å². The van der Waals surface area contributed by atoms with Crippen molar-refractivity contribution in [2.75, 3.05) is 0 Å². The van der Waals surface area contributed by atoms with Crippen molar-refractivity contribution in [3.8, 4) is 0 Å². The Morgan fingerprint density at radius 3 is 1.59 bits per heavy atom. The summed E-state index contributed by atoms with van der Waals surface area (Å²) in [5.74, 6) is 0. The van der Waals surface area contributed by atoms with Crippen LogP contribution < -0.4 is 10.6 Å². The zero-order chi connectivity index (χ0) is 12.1. The van der Waals surface area contributed by atoms with Crippen LogP contribution in [0.1, 0.15) is 0 Å². The molecule has 4 nitrogen and oxygen atoms in total. The van der Waals surface area contributed by atoms with Gasteiger partial charge in [-0.25, -0.2) is 5.26 Å². The highest BCUT2D eigenvalue weighted by atomic mass is 31.2. The van der Waals surface area contributed by atoms with E-state index in [1.807, 2.05) is 0 Å². The summed E-state index contributed by atoms with van der Waals surface area (Å²) in [5, 5.41) is 13.0. The van der Waals surface area contributed by atoms with E-state index in [-0.39, 0.29) is 0 Å². The maximum absolute atomic E-state index is 12.7. The van der Waals surface area contributed by atoms with Gasteiger partial charge in [0.15, 0.2) is 0 Å². The smallest absolute Gasteiger partial charge is 0.280 e. The summed E-state index contributed by atoms with van der Waals surface area (Å²) < 4.78 is 17.3. The van der Waals surface area contributed by atoms with Crippen molar-refractivity contribution in [3.63, 3.8) is 0 Å². The molecule has 0 aliphatic rings. The van der Waals surface area contributed by atoms with Crippen LogP contribution in [0.15, 0.2) is 60.7 Å². The monoisotopic (exact) mass is 250 g/mol. The molecule has 1 N–H and O–H groups in total. The molecule has 0 heterocycles. The first-order valence-corrected chi connectivity index (χ1v) is 6.61. The molecule has 5 heteroatoms. The van der Waals surface area contributed by atoms with E-state index >= 15 is 0 Å². The topological polar surface area (TPSA) is 55.8 Å². The highest BCUT2D eigenvalue weighted by molar-refractivity contribution is 7.74. The summed E-state index contributed by atoms with van der Waals surface area (Å²) in [6, 6.07) is 17.2. The zero-order valence-electron chi connectivity index (χ0n) is 8.89. The zero-order valence-corrected chi connectivity index (χ0v) is 9.79. The average molecular weight is 250 g/mol. The van der Waals surface area contributed by atoms with E-state index in [4.69, 9.17) is 5.26 Å². The normalized spacial score (nSPS) is 11.4. The largest absolute Gasteiger partial charge is 0.294 e. The number of rotatable bonds is 4. The minimum Gasteiger partial charge on any atom is -0.280 e. The number of hydrogen-bond donors (Lipinski definition) is 1. The van der Waals surface area contributed by atoms with Gasteiger partial charge in [-0.15, -0.1) is 4.67 Å². The Kier molecular flexibility index (Phi) is 3.71. The van der Waals surface area contributed by atoms with Crippen molar-refractivity contribution >= 4 is 18.0 Å². The highest BCUT2D eigenvalue weighted by Gasteiger charge is 2.30. The Balaban J connectivity index is 2.51. The van der Waals surface area contributed by atoms with Crippen molar-refractivity contribution in [3.05, 3.63) is 60.7 Å². The minimum absolute atomic E-state index is 0.459. The van der Waals surface area contributed by atoms with Gasteiger partial charge >= 0.3 is 0 Å². The third-order valence-electron chi connectivity index (χ3n) is 2.33. The van der Waals surface area contributed by atoms with Crippen LogP contribution in [0.2, 0.25) is 0 Å². The maximum atomic E-state index is 12.7. The van der Waals surface area contributed by atoms with Crippen LogP contribution in [0.25, 0.3) is 0 Å². The summed E-state index contributed by atoms with van der Waals surface area (Å²) >= 11 is 0. The molecule has 0 aliphatic carbocycles. The van der Waals surface area contributed by atoms with Gasteiger partial charge in [0, 0.05) is 10.6 Å². The van der Waals surface area contributed by atoms with Gasteiger partial charge in [0.2, 0.25) is 0 Å². The van der Waals surface area contributed by atoms with Gasteiger partial charge in [0.25, 0.3) is 7.37 Å². The molecule has 0 bridgehead atoms. The van der Waals surface area contributed by atoms with Crippen LogP contribution in [0.4, 0.5) is 0 Å². The molecule has 0 atom stereocenters. The fourth-order valence-corrected chi connectivity index (χ4v) is 3.22.